The van der Waals surface area contributed by atoms with Crippen LogP contribution in [0.1, 0.15) is 12.8 Å². The first-order valence-corrected chi connectivity index (χ1v) is 7.52. The van der Waals surface area contributed by atoms with Crippen LogP contribution in [-0.2, 0) is 10.0 Å². The molecule has 5 nitrogen and oxygen atoms in total. The number of hydrogen-bond donors (Lipinski definition) is 2. The molecule has 18 heavy (non-hydrogen) atoms. The Morgan fingerprint density at radius 1 is 1.44 bits per heavy atom. The van der Waals surface area contributed by atoms with Gasteiger partial charge in [0.2, 0.25) is 5.96 Å². The number of sulfonamides is 1. The van der Waals surface area contributed by atoms with Gasteiger partial charge in [-0.2, -0.15) is 8.42 Å². The second-order valence-electron chi connectivity index (χ2n) is 4.50. The zero-order valence-electron chi connectivity index (χ0n) is 9.48. The highest BCUT2D eigenvalue weighted by Gasteiger charge is 2.26. The third-order valence-corrected chi connectivity index (χ3v) is 4.51. The normalized spacial score (nSPS) is 20.6. The molecular formula is C11H12ClN3O2S. The smallest absolute Gasteiger partial charge is 0.287 e. The summed E-state index contributed by atoms with van der Waals surface area (Å²) in [4.78, 5) is 0.156. The Hall–Kier alpha value is -1.27. The predicted octanol–water partition coefficient (Wildman–Crippen LogP) is 1.81. The summed E-state index contributed by atoms with van der Waals surface area (Å²) in [5.74, 6) is 0.912. The average Bonchev–Trinajstić information content (AvgIpc) is 3.08. The Bertz CT molecular complexity index is 623. The van der Waals surface area contributed by atoms with Gasteiger partial charge < -0.3 is 10.6 Å². The van der Waals surface area contributed by atoms with Gasteiger partial charge in [0.1, 0.15) is 4.90 Å². The first kappa shape index (κ1) is 11.8. The van der Waals surface area contributed by atoms with E-state index in [0.717, 1.165) is 6.54 Å². The van der Waals surface area contributed by atoms with Gasteiger partial charge in [-0.25, -0.2) is 0 Å². The fraction of sp³-hybridized carbons (Fsp3) is 0.364. The van der Waals surface area contributed by atoms with Crippen LogP contribution in [0.4, 0.5) is 5.69 Å². The molecular weight excluding hydrogens is 274 g/mol. The van der Waals surface area contributed by atoms with E-state index in [0.29, 0.717) is 16.6 Å². The summed E-state index contributed by atoms with van der Waals surface area (Å²) >= 11 is 5.86. The van der Waals surface area contributed by atoms with E-state index in [2.05, 4.69) is 15.0 Å². The van der Waals surface area contributed by atoms with Gasteiger partial charge in [0.05, 0.1) is 5.69 Å². The minimum Gasteiger partial charge on any atom is -0.355 e. The number of hydrogen-bond acceptors (Lipinski definition) is 4. The summed E-state index contributed by atoms with van der Waals surface area (Å²) in [6.07, 6.45) is 2.38. The minimum absolute atomic E-state index is 0.156. The lowest BCUT2D eigenvalue weighted by Crippen LogP contribution is -2.35. The topological polar surface area (TPSA) is 70.6 Å². The molecule has 96 valence electrons. The van der Waals surface area contributed by atoms with Crippen LogP contribution in [0.3, 0.4) is 0 Å². The van der Waals surface area contributed by atoms with E-state index < -0.39 is 10.0 Å². The number of nitrogens with one attached hydrogen (secondary N) is 2. The van der Waals surface area contributed by atoms with Gasteiger partial charge in [0, 0.05) is 11.6 Å². The van der Waals surface area contributed by atoms with E-state index in [-0.39, 0.29) is 10.9 Å². The van der Waals surface area contributed by atoms with Crippen molar-refractivity contribution >= 4 is 33.3 Å². The van der Waals surface area contributed by atoms with Crippen molar-refractivity contribution in [3.8, 4) is 0 Å². The maximum Gasteiger partial charge on any atom is 0.287 e. The van der Waals surface area contributed by atoms with Crippen LogP contribution in [0.15, 0.2) is 27.5 Å². The molecule has 0 aromatic heterocycles. The van der Waals surface area contributed by atoms with E-state index in [1.807, 2.05) is 0 Å². The fourth-order valence-electron chi connectivity index (χ4n) is 1.78. The highest BCUT2D eigenvalue weighted by molar-refractivity contribution is 7.90. The highest BCUT2D eigenvalue weighted by atomic mass is 35.5. The number of benzene rings is 1. The Morgan fingerprint density at radius 2 is 2.22 bits per heavy atom. The second-order valence-corrected chi connectivity index (χ2v) is 6.51. The maximum absolute atomic E-state index is 11.9. The highest BCUT2D eigenvalue weighted by Crippen LogP contribution is 2.30. The molecule has 2 N–H and O–H groups in total. The molecule has 0 spiro atoms. The molecule has 1 aliphatic heterocycles. The van der Waals surface area contributed by atoms with E-state index in [1.54, 1.807) is 6.07 Å². The average molecular weight is 286 g/mol. The van der Waals surface area contributed by atoms with Crippen LogP contribution < -0.4 is 10.6 Å². The molecule has 1 aromatic carbocycles. The zero-order valence-corrected chi connectivity index (χ0v) is 11.1. The number of fused-ring (bicyclic) bond motifs is 1. The van der Waals surface area contributed by atoms with Crippen molar-refractivity contribution in [2.75, 3.05) is 11.9 Å². The molecule has 1 heterocycles. The quantitative estimate of drug-likeness (QED) is 0.869. The number of nitrogens with zero attached hydrogens (tertiary/aromatic N) is 1. The third-order valence-electron chi connectivity index (χ3n) is 2.94. The number of guanidine groups is 1. The number of halogens is 1. The fourth-order valence-corrected chi connectivity index (χ4v) is 3.03. The van der Waals surface area contributed by atoms with Crippen molar-refractivity contribution in [1.82, 2.24) is 5.32 Å². The van der Waals surface area contributed by atoms with Crippen molar-refractivity contribution in [3.63, 3.8) is 0 Å². The molecule has 1 fully saturated rings. The van der Waals surface area contributed by atoms with E-state index in [9.17, 15) is 8.42 Å². The largest absolute Gasteiger partial charge is 0.355 e. The molecule has 0 radical (unpaired) electrons. The van der Waals surface area contributed by atoms with Crippen LogP contribution in [-0.4, -0.2) is 20.9 Å². The molecule has 1 aromatic rings. The van der Waals surface area contributed by atoms with Gasteiger partial charge in [-0.05, 0) is 37.0 Å². The SMILES string of the molecule is O=S1(=O)N=C(NCC2CC2)Nc2cc(Cl)ccc21. The van der Waals surface area contributed by atoms with Gasteiger partial charge in [0.25, 0.3) is 10.0 Å². The van der Waals surface area contributed by atoms with E-state index >= 15 is 0 Å². The van der Waals surface area contributed by atoms with Crippen LogP contribution in [0.2, 0.25) is 5.02 Å². The molecule has 1 aliphatic carbocycles. The number of rotatable bonds is 2. The lowest BCUT2D eigenvalue weighted by Gasteiger charge is -2.19. The maximum atomic E-state index is 11.9. The Morgan fingerprint density at radius 3 is 2.94 bits per heavy atom. The standard InChI is InChI=1S/C11H12ClN3O2S/c12-8-3-4-10-9(5-8)14-11(15-18(10,16)17)13-6-7-1-2-7/h3-5,7H,1-2,6H2,(H2,13,14,15). The van der Waals surface area contributed by atoms with Gasteiger partial charge in [-0.15, -0.1) is 4.40 Å². The summed E-state index contributed by atoms with van der Waals surface area (Å²) < 4.78 is 27.6. The molecule has 2 aliphatic rings. The Labute approximate surface area is 110 Å². The van der Waals surface area contributed by atoms with Gasteiger partial charge in [0.15, 0.2) is 0 Å². The summed E-state index contributed by atoms with van der Waals surface area (Å²) in [6.45, 7) is 0.747. The molecule has 0 bridgehead atoms. The monoisotopic (exact) mass is 285 g/mol. The Balaban J connectivity index is 1.90. The molecule has 1 saturated carbocycles. The lowest BCUT2D eigenvalue weighted by molar-refractivity contribution is 0.597. The molecule has 3 rings (SSSR count). The van der Waals surface area contributed by atoms with Gasteiger partial charge in [-0.1, -0.05) is 11.6 Å². The molecule has 0 saturated heterocycles. The Kier molecular flexibility index (Phi) is 2.71. The summed E-state index contributed by atoms with van der Waals surface area (Å²) in [5, 5.41) is 6.45. The van der Waals surface area contributed by atoms with E-state index in [4.69, 9.17) is 11.6 Å². The van der Waals surface area contributed by atoms with E-state index in [1.165, 1.54) is 25.0 Å². The molecule has 7 heteroatoms. The first-order chi connectivity index (χ1) is 8.54. The van der Waals surface area contributed by atoms with Crippen molar-refractivity contribution in [2.24, 2.45) is 10.3 Å². The lowest BCUT2D eigenvalue weighted by atomic mass is 10.3. The van der Waals surface area contributed by atoms with Gasteiger partial charge in [-0.3, -0.25) is 0 Å². The molecule has 0 amide bonds. The van der Waals surface area contributed by atoms with Crippen molar-refractivity contribution < 1.29 is 8.42 Å². The van der Waals surface area contributed by atoms with Crippen LogP contribution in [0, 0.1) is 5.92 Å². The van der Waals surface area contributed by atoms with Crippen molar-refractivity contribution in [2.45, 2.75) is 17.7 Å². The summed E-state index contributed by atoms with van der Waals surface area (Å²) in [7, 11) is -3.63. The van der Waals surface area contributed by atoms with Crippen molar-refractivity contribution in [3.05, 3.63) is 23.2 Å². The molecule has 0 atom stereocenters. The van der Waals surface area contributed by atoms with Crippen LogP contribution >= 0.6 is 11.6 Å². The first-order valence-electron chi connectivity index (χ1n) is 5.70. The second kappa shape index (κ2) is 4.13. The van der Waals surface area contributed by atoms with Crippen molar-refractivity contribution in [1.29, 1.82) is 0 Å². The number of anilines is 1. The predicted molar refractivity (Wildman–Crippen MR) is 70.4 cm³/mol. The third kappa shape index (κ3) is 2.30. The van der Waals surface area contributed by atoms with Crippen LogP contribution in [0.25, 0.3) is 0 Å². The molecule has 0 unspecified atom stereocenters. The van der Waals surface area contributed by atoms with Gasteiger partial charge >= 0.3 is 0 Å². The van der Waals surface area contributed by atoms with Crippen LogP contribution in [0.5, 0.6) is 0 Å². The summed E-state index contributed by atoms with van der Waals surface area (Å²) in [6, 6.07) is 4.58. The minimum atomic E-state index is -3.63. The summed E-state index contributed by atoms with van der Waals surface area (Å²) in [5.41, 5.74) is 0.468. The zero-order chi connectivity index (χ0) is 12.8.